The fraction of sp³-hybridized carbons (Fsp3) is 0.524. The molecule has 1 aromatic carbocycles. The Bertz CT molecular complexity index is 1050. The van der Waals surface area contributed by atoms with E-state index in [-0.39, 0.29) is 22.4 Å². The number of benzene rings is 1. The monoisotopic (exact) mass is 385 g/mol. The maximum absolute atomic E-state index is 15.0. The zero-order chi connectivity index (χ0) is 19.6. The van der Waals surface area contributed by atoms with E-state index in [2.05, 4.69) is 17.1 Å². The minimum absolute atomic E-state index is 0.153. The van der Waals surface area contributed by atoms with Crippen molar-refractivity contribution >= 4 is 22.6 Å². The summed E-state index contributed by atoms with van der Waals surface area (Å²) in [5, 5.41) is 12.9. The lowest BCUT2D eigenvalue weighted by atomic mass is 10.1. The molecule has 7 heteroatoms. The third kappa shape index (κ3) is 2.64. The van der Waals surface area contributed by atoms with Gasteiger partial charge in [-0.25, -0.2) is 9.18 Å². The zero-order valence-corrected chi connectivity index (χ0v) is 15.9. The molecule has 0 radical (unpaired) electrons. The maximum Gasteiger partial charge on any atom is 0.341 e. The summed E-state index contributed by atoms with van der Waals surface area (Å²) in [5.74, 6) is -1.13. The molecule has 2 N–H and O–H groups in total. The van der Waals surface area contributed by atoms with E-state index >= 15 is 0 Å². The van der Waals surface area contributed by atoms with Gasteiger partial charge in [0, 0.05) is 42.7 Å². The first-order valence-corrected chi connectivity index (χ1v) is 10.0. The minimum atomic E-state index is -1.27. The molecule has 1 aromatic heterocycles. The molecule has 1 aliphatic heterocycles. The van der Waals surface area contributed by atoms with Crippen LogP contribution in [0.5, 0.6) is 0 Å². The number of pyridine rings is 1. The van der Waals surface area contributed by atoms with Crippen LogP contribution in [0.3, 0.4) is 0 Å². The van der Waals surface area contributed by atoms with Gasteiger partial charge in [-0.1, -0.05) is 6.92 Å². The molecule has 5 rings (SSSR count). The van der Waals surface area contributed by atoms with E-state index in [1.807, 2.05) is 4.57 Å². The van der Waals surface area contributed by atoms with Gasteiger partial charge in [0.25, 0.3) is 0 Å². The van der Waals surface area contributed by atoms with Gasteiger partial charge >= 0.3 is 5.97 Å². The molecule has 2 atom stereocenters. The number of anilines is 1. The van der Waals surface area contributed by atoms with Crippen molar-refractivity contribution in [1.29, 1.82) is 0 Å². The highest BCUT2D eigenvalue weighted by Crippen LogP contribution is 2.58. The molecule has 28 heavy (non-hydrogen) atoms. The molecule has 3 fully saturated rings. The van der Waals surface area contributed by atoms with E-state index in [1.165, 1.54) is 18.7 Å². The lowest BCUT2D eigenvalue weighted by Crippen LogP contribution is -2.31. The first kappa shape index (κ1) is 17.7. The number of carboxylic acids is 1. The minimum Gasteiger partial charge on any atom is -0.477 e. The van der Waals surface area contributed by atoms with E-state index in [1.54, 1.807) is 6.07 Å². The van der Waals surface area contributed by atoms with Gasteiger partial charge in [-0.3, -0.25) is 4.79 Å². The van der Waals surface area contributed by atoms with Gasteiger partial charge in [0.05, 0.1) is 11.2 Å². The first-order chi connectivity index (χ1) is 13.4. The second kappa shape index (κ2) is 6.04. The molecule has 2 aromatic rings. The number of hydrogen-bond donors (Lipinski definition) is 2. The van der Waals surface area contributed by atoms with Crippen molar-refractivity contribution < 1.29 is 14.3 Å². The van der Waals surface area contributed by atoms with E-state index < -0.39 is 17.2 Å². The molecule has 2 saturated carbocycles. The van der Waals surface area contributed by atoms with Gasteiger partial charge in [0.1, 0.15) is 11.4 Å². The van der Waals surface area contributed by atoms with Crippen molar-refractivity contribution in [3.05, 3.63) is 39.9 Å². The highest BCUT2D eigenvalue weighted by Gasteiger charge is 2.59. The number of nitrogens with zero attached hydrogens (tertiary/aromatic N) is 2. The largest absolute Gasteiger partial charge is 0.477 e. The Kier molecular flexibility index (Phi) is 3.81. The van der Waals surface area contributed by atoms with Crippen molar-refractivity contribution in [3.8, 4) is 0 Å². The van der Waals surface area contributed by atoms with Crippen molar-refractivity contribution in [2.75, 3.05) is 31.1 Å². The third-order valence-electron chi connectivity index (χ3n) is 6.64. The van der Waals surface area contributed by atoms with Crippen molar-refractivity contribution in [1.82, 2.24) is 9.88 Å². The first-order valence-electron chi connectivity index (χ1n) is 10.0. The summed E-state index contributed by atoms with van der Waals surface area (Å²) in [6.45, 7) is 5.61. The van der Waals surface area contributed by atoms with Crippen LogP contribution in [-0.4, -0.2) is 41.8 Å². The van der Waals surface area contributed by atoms with Gasteiger partial charge in [-0.2, -0.15) is 0 Å². The van der Waals surface area contributed by atoms with Crippen LogP contribution in [-0.2, 0) is 0 Å². The summed E-state index contributed by atoms with van der Waals surface area (Å²) < 4.78 is 16.9. The average Bonchev–Trinajstić information content (AvgIpc) is 3.58. The number of hydrogen-bond acceptors (Lipinski definition) is 4. The molecule has 148 valence electrons. The predicted octanol–water partition coefficient (Wildman–Crippen LogP) is 2.61. The summed E-state index contributed by atoms with van der Waals surface area (Å²) in [6, 6.07) is 3.17. The number of carbonyl (C=O) groups is 1. The summed E-state index contributed by atoms with van der Waals surface area (Å²) in [5.41, 5.74) is 0.486. The van der Waals surface area contributed by atoms with Gasteiger partial charge in [-0.05, 0) is 43.9 Å². The second-order valence-electron chi connectivity index (χ2n) is 8.56. The Morgan fingerprint density at radius 2 is 2.18 bits per heavy atom. The number of nitrogens with one attached hydrogen (secondary N) is 1. The topological polar surface area (TPSA) is 74.6 Å². The molecule has 0 amide bonds. The van der Waals surface area contributed by atoms with Crippen LogP contribution in [0.4, 0.5) is 10.1 Å². The van der Waals surface area contributed by atoms with E-state index in [0.717, 1.165) is 39.0 Å². The fourth-order valence-electron chi connectivity index (χ4n) is 4.83. The molecule has 2 heterocycles. The number of halogens is 1. The van der Waals surface area contributed by atoms with Crippen LogP contribution in [0, 0.1) is 17.2 Å². The number of fused-ring (bicyclic) bond motifs is 2. The molecule has 2 aliphatic carbocycles. The average molecular weight is 385 g/mol. The summed E-state index contributed by atoms with van der Waals surface area (Å²) in [7, 11) is 0. The number of aromatic nitrogens is 1. The third-order valence-corrected chi connectivity index (χ3v) is 6.64. The van der Waals surface area contributed by atoms with E-state index in [4.69, 9.17) is 0 Å². The van der Waals surface area contributed by atoms with Crippen LogP contribution < -0.4 is 15.6 Å². The van der Waals surface area contributed by atoms with Crippen LogP contribution in [0.15, 0.2) is 23.1 Å². The Morgan fingerprint density at radius 1 is 1.39 bits per heavy atom. The fourth-order valence-corrected chi connectivity index (χ4v) is 4.83. The summed E-state index contributed by atoms with van der Waals surface area (Å²) in [6.07, 6.45) is 4.50. The van der Waals surface area contributed by atoms with E-state index in [0.29, 0.717) is 17.1 Å². The van der Waals surface area contributed by atoms with Crippen LogP contribution >= 0.6 is 0 Å². The number of piperidine rings is 1. The van der Waals surface area contributed by atoms with Gasteiger partial charge in [0.15, 0.2) is 0 Å². The van der Waals surface area contributed by atoms with E-state index in [9.17, 15) is 19.1 Å². The number of rotatable bonds is 6. The van der Waals surface area contributed by atoms with Crippen LogP contribution in [0.1, 0.15) is 42.6 Å². The summed E-state index contributed by atoms with van der Waals surface area (Å²) in [4.78, 5) is 26.1. The number of aromatic carboxylic acids is 1. The molecule has 0 bridgehead atoms. The van der Waals surface area contributed by atoms with Crippen molar-refractivity contribution in [2.45, 2.75) is 32.2 Å². The van der Waals surface area contributed by atoms with Crippen LogP contribution in [0.25, 0.3) is 10.9 Å². The smallest absolute Gasteiger partial charge is 0.341 e. The molecular weight excluding hydrogens is 361 g/mol. The lowest BCUT2D eigenvalue weighted by molar-refractivity contribution is 0.0695. The van der Waals surface area contributed by atoms with Crippen molar-refractivity contribution in [3.63, 3.8) is 0 Å². The Morgan fingerprint density at radius 3 is 2.86 bits per heavy atom. The van der Waals surface area contributed by atoms with Gasteiger partial charge in [-0.15, -0.1) is 0 Å². The highest BCUT2D eigenvalue weighted by atomic mass is 19.1. The summed E-state index contributed by atoms with van der Waals surface area (Å²) >= 11 is 0. The lowest BCUT2D eigenvalue weighted by Gasteiger charge is -2.25. The Balaban J connectivity index is 1.58. The highest BCUT2D eigenvalue weighted by molar-refractivity contribution is 5.93. The molecule has 2 unspecified atom stereocenters. The predicted molar refractivity (Wildman–Crippen MR) is 105 cm³/mol. The van der Waals surface area contributed by atoms with Crippen molar-refractivity contribution in [2.24, 2.45) is 11.3 Å². The SMILES string of the molecule is CCNCC12CC1CN(c1cc3c(cc1F)c(=O)c(C(=O)O)cn3C1CC1)C2. The molecule has 0 spiro atoms. The maximum atomic E-state index is 15.0. The molecule has 1 saturated heterocycles. The second-order valence-corrected chi connectivity index (χ2v) is 8.56. The normalized spacial score (nSPS) is 25.9. The van der Waals surface area contributed by atoms with Gasteiger partial charge in [0.2, 0.25) is 5.43 Å². The van der Waals surface area contributed by atoms with Crippen LogP contribution in [0.2, 0.25) is 0 Å². The quantitative estimate of drug-likeness (QED) is 0.800. The molecule has 6 nitrogen and oxygen atoms in total. The standard InChI is InChI=1S/C21H24FN3O3/c1-2-23-10-21-7-12(21)8-24(11-21)18-6-17-14(5-16(18)22)19(26)15(20(27)28)9-25(17)13-3-4-13/h5-6,9,12-13,23H,2-4,7-8,10-11H2,1H3,(H,27,28). The Hall–Kier alpha value is -2.41. The Labute approximate surface area is 161 Å². The zero-order valence-electron chi connectivity index (χ0n) is 15.9. The molecule has 3 aliphatic rings. The number of carboxylic acid groups (broad SMARTS) is 1. The molecular formula is C21H24FN3O3. The van der Waals surface area contributed by atoms with Gasteiger partial charge < -0.3 is 19.9 Å².